The quantitative estimate of drug-likeness (QED) is 0.828. The number of rotatable bonds is 6. The second-order valence-electron chi connectivity index (χ2n) is 5.65. The molecule has 1 heterocycles. The third-order valence-corrected chi connectivity index (χ3v) is 2.89. The van der Waals surface area contributed by atoms with Crippen LogP contribution in [-0.4, -0.2) is 34.3 Å². The molecule has 1 unspecified atom stereocenters. The first kappa shape index (κ1) is 15.7. The van der Waals surface area contributed by atoms with E-state index >= 15 is 0 Å². The normalized spacial score (nSPS) is 13.2. The summed E-state index contributed by atoms with van der Waals surface area (Å²) in [4.78, 5) is 8.58. The number of nitrogens with zero attached hydrogens (tertiary/aromatic N) is 2. The number of hydrogen-bond acceptors (Lipinski definition) is 5. The van der Waals surface area contributed by atoms with Gasteiger partial charge >= 0.3 is 0 Å². The molecule has 1 aromatic heterocycles. The molecule has 0 aliphatic rings. The molecule has 0 aliphatic heterocycles. The highest BCUT2D eigenvalue weighted by Crippen LogP contribution is 2.25. The van der Waals surface area contributed by atoms with Crippen LogP contribution in [0, 0.1) is 12.3 Å². The highest BCUT2D eigenvalue weighted by molar-refractivity contribution is 5.39. The number of hydrogen-bond donors (Lipinski definition) is 2. The average molecular weight is 267 g/mol. The number of aliphatic hydroxyl groups is 1. The van der Waals surface area contributed by atoms with Gasteiger partial charge in [0.05, 0.1) is 6.61 Å². The largest absolute Gasteiger partial charge is 0.478 e. The summed E-state index contributed by atoms with van der Waals surface area (Å²) in [6.45, 7) is 10.9. The van der Waals surface area contributed by atoms with Crippen molar-refractivity contribution in [3.63, 3.8) is 0 Å². The number of ether oxygens (including phenoxy) is 1. The maximum Gasteiger partial charge on any atom is 0.218 e. The molecular weight excluding hydrogens is 242 g/mol. The van der Waals surface area contributed by atoms with Crippen molar-refractivity contribution in [2.45, 2.75) is 47.1 Å². The van der Waals surface area contributed by atoms with Crippen molar-refractivity contribution in [3.05, 3.63) is 11.9 Å². The van der Waals surface area contributed by atoms with Gasteiger partial charge in [-0.25, -0.2) is 4.98 Å². The second-order valence-corrected chi connectivity index (χ2v) is 5.65. The van der Waals surface area contributed by atoms with Gasteiger partial charge in [-0.05, 0) is 25.7 Å². The summed E-state index contributed by atoms with van der Waals surface area (Å²) >= 11 is 0. The number of anilines is 1. The molecule has 0 radical (unpaired) electrons. The van der Waals surface area contributed by atoms with E-state index in [0.29, 0.717) is 24.7 Å². The Labute approximate surface area is 115 Å². The van der Waals surface area contributed by atoms with Gasteiger partial charge in [0.25, 0.3) is 0 Å². The smallest absolute Gasteiger partial charge is 0.218 e. The lowest BCUT2D eigenvalue weighted by Crippen LogP contribution is -2.35. The number of nitrogens with one attached hydrogen (secondary N) is 1. The van der Waals surface area contributed by atoms with Crippen LogP contribution in [0.1, 0.15) is 39.9 Å². The van der Waals surface area contributed by atoms with Gasteiger partial charge in [0.15, 0.2) is 0 Å². The summed E-state index contributed by atoms with van der Waals surface area (Å²) in [6, 6.07) is 1.94. The van der Waals surface area contributed by atoms with Crippen LogP contribution in [0.4, 0.5) is 5.82 Å². The molecule has 0 saturated carbocycles. The number of aromatic nitrogens is 2. The summed E-state index contributed by atoms with van der Waals surface area (Å²) in [5.41, 5.74) is 0.0351. The molecule has 19 heavy (non-hydrogen) atoms. The van der Waals surface area contributed by atoms with Crippen LogP contribution in [0.3, 0.4) is 0 Å². The minimum absolute atomic E-state index is 0.0351. The van der Waals surface area contributed by atoms with Gasteiger partial charge < -0.3 is 15.2 Å². The molecule has 108 valence electrons. The predicted octanol–water partition coefficient (Wildman–Crippen LogP) is 2.39. The van der Waals surface area contributed by atoms with Gasteiger partial charge in [0.1, 0.15) is 11.6 Å². The Bertz CT molecular complexity index is 402. The van der Waals surface area contributed by atoms with E-state index in [1.165, 1.54) is 0 Å². The zero-order valence-electron chi connectivity index (χ0n) is 12.5. The van der Waals surface area contributed by atoms with Crippen LogP contribution in [0.5, 0.6) is 5.88 Å². The molecule has 1 aromatic rings. The average Bonchev–Trinajstić information content (AvgIpc) is 2.27. The maximum absolute atomic E-state index is 9.17. The van der Waals surface area contributed by atoms with Crippen LogP contribution in [-0.2, 0) is 0 Å². The minimum atomic E-state index is 0.0351. The fourth-order valence-corrected chi connectivity index (χ4v) is 1.87. The van der Waals surface area contributed by atoms with E-state index in [4.69, 9.17) is 4.74 Å². The van der Waals surface area contributed by atoms with Crippen LogP contribution in [0.15, 0.2) is 6.07 Å². The van der Waals surface area contributed by atoms with E-state index in [9.17, 15) is 5.11 Å². The third-order valence-electron chi connectivity index (χ3n) is 2.89. The van der Waals surface area contributed by atoms with Crippen molar-refractivity contribution < 1.29 is 9.84 Å². The molecule has 0 aromatic carbocycles. The number of aliphatic hydroxyl groups excluding tert-OH is 1. The van der Waals surface area contributed by atoms with Gasteiger partial charge in [-0.3, -0.25) is 0 Å². The molecule has 0 amide bonds. The Morgan fingerprint density at radius 2 is 2.05 bits per heavy atom. The summed E-state index contributed by atoms with van der Waals surface area (Å²) < 4.78 is 5.41. The standard InChI is InChI=1S/C14H25N3O2/c1-6-19-13-9-12(15-10(2)16-13)17-11(7-8-18)14(3,4)5/h9,11,18H,6-8H2,1-5H3,(H,15,16,17). The predicted molar refractivity (Wildman–Crippen MR) is 76.5 cm³/mol. The summed E-state index contributed by atoms with van der Waals surface area (Å²) in [5.74, 6) is 1.99. The van der Waals surface area contributed by atoms with Crippen molar-refractivity contribution in [1.82, 2.24) is 9.97 Å². The summed E-state index contributed by atoms with van der Waals surface area (Å²) in [6.07, 6.45) is 0.677. The van der Waals surface area contributed by atoms with E-state index in [-0.39, 0.29) is 18.1 Å². The minimum Gasteiger partial charge on any atom is -0.478 e. The molecule has 5 heteroatoms. The zero-order chi connectivity index (χ0) is 14.5. The first-order valence-electron chi connectivity index (χ1n) is 6.72. The molecular formula is C14H25N3O2. The van der Waals surface area contributed by atoms with Gasteiger partial charge in [-0.2, -0.15) is 4.98 Å². The lowest BCUT2D eigenvalue weighted by atomic mass is 9.85. The van der Waals surface area contributed by atoms with Crippen LogP contribution >= 0.6 is 0 Å². The molecule has 0 aliphatic carbocycles. The van der Waals surface area contributed by atoms with Crippen molar-refractivity contribution in [3.8, 4) is 5.88 Å². The lowest BCUT2D eigenvalue weighted by Gasteiger charge is -2.31. The molecule has 5 nitrogen and oxygen atoms in total. The van der Waals surface area contributed by atoms with Crippen molar-refractivity contribution >= 4 is 5.82 Å². The Kier molecular flexibility index (Phi) is 5.54. The van der Waals surface area contributed by atoms with E-state index in [1.54, 1.807) is 6.07 Å². The SMILES string of the molecule is CCOc1cc(NC(CCO)C(C)(C)C)nc(C)n1. The molecule has 2 N–H and O–H groups in total. The first-order chi connectivity index (χ1) is 8.86. The van der Waals surface area contributed by atoms with Gasteiger partial charge in [-0.15, -0.1) is 0 Å². The molecule has 1 atom stereocenters. The highest BCUT2D eigenvalue weighted by Gasteiger charge is 2.24. The van der Waals surface area contributed by atoms with Gasteiger partial charge in [0.2, 0.25) is 5.88 Å². The summed E-state index contributed by atoms with van der Waals surface area (Å²) in [5, 5.41) is 12.5. The second kappa shape index (κ2) is 6.70. The molecule has 0 spiro atoms. The maximum atomic E-state index is 9.17. The third kappa shape index (κ3) is 5.03. The van der Waals surface area contributed by atoms with Crippen LogP contribution in [0.25, 0.3) is 0 Å². The van der Waals surface area contributed by atoms with E-state index in [2.05, 4.69) is 36.1 Å². The van der Waals surface area contributed by atoms with E-state index in [0.717, 1.165) is 5.82 Å². The summed E-state index contributed by atoms with van der Waals surface area (Å²) in [7, 11) is 0. The van der Waals surface area contributed by atoms with Crippen LogP contribution in [0.2, 0.25) is 0 Å². The van der Waals surface area contributed by atoms with E-state index < -0.39 is 0 Å². The highest BCUT2D eigenvalue weighted by atomic mass is 16.5. The molecule has 0 bridgehead atoms. The van der Waals surface area contributed by atoms with Gasteiger partial charge in [-0.1, -0.05) is 20.8 Å². The molecule has 0 fully saturated rings. The monoisotopic (exact) mass is 267 g/mol. The molecule has 0 saturated heterocycles. The topological polar surface area (TPSA) is 67.3 Å². The molecule has 1 rings (SSSR count). The van der Waals surface area contributed by atoms with Gasteiger partial charge in [0, 0.05) is 18.7 Å². The first-order valence-corrected chi connectivity index (χ1v) is 6.72. The fourth-order valence-electron chi connectivity index (χ4n) is 1.87. The van der Waals surface area contributed by atoms with Crippen molar-refractivity contribution in [2.24, 2.45) is 5.41 Å². The Morgan fingerprint density at radius 1 is 1.37 bits per heavy atom. The number of aryl methyl sites for hydroxylation is 1. The van der Waals surface area contributed by atoms with Crippen molar-refractivity contribution in [1.29, 1.82) is 0 Å². The fraction of sp³-hybridized carbons (Fsp3) is 0.714. The zero-order valence-corrected chi connectivity index (χ0v) is 12.5. The van der Waals surface area contributed by atoms with Crippen LogP contribution < -0.4 is 10.1 Å². The van der Waals surface area contributed by atoms with E-state index in [1.807, 2.05) is 13.8 Å². The Morgan fingerprint density at radius 3 is 2.58 bits per heavy atom. The Balaban J connectivity index is 2.89. The van der Waals surface area contributed by atoms with Crippen molar-refractivity contribution in [2.75, 3.05) is 18.5 Å². The Hall–Kier alpha value is -1.36. The lowest BCUT2D eigenvalue weighted by molar-refractivity contribution is 0.235.